The number of nitrogens with zero attached hydrogens (tertiary/aromatic N) is 2. The Bertz CT molecular complexity index is 552. The van der Waals surface area contributed by atoms with Crippen LogP contribution in [0.2, 0.25) is 0 Å². The maximum atomic E-state index is 12.2. The normalized spacial score (nSPS) is 12.1. The summed E-state index contributed by atoms with van der Waals surface area (Å²) in [5.41, 5.74) is 7.09. The lowest BCUT2D eigenvalue weighted by atomic mass is 10.1. The minimum atomic E-state index is -0.110. The van der Waals surface area contributed by atoms with Gasteiger partial charge in [0.15, 0.2) is 0 Å². The summed E-state index contributed by atoms with van der Waals surface area (Å²) in [6, 6.07) is 7.10. The van der Waals surface area contributed by atoms with E-state index in [1.165, 1.54) is 6.39 Å². The van der Waals surface area contributed by atoms with Gasteiger partial charge in [0.2, 0.25) is 12.2 Å². The molecule has 1 amide bonds. The Labute approximate surface area is 123 Å². The minimum Gasteiger partial charge on any atom is -0.348 e. The summed E-state index contributed by atoms with van der Waals surface area (Å²) < 4.78 is 4.70. The first-order valence-corrected chi connectivity index (χ1v) is 7.12. The zero-order chi connectivity index (χ0) is 15.1. The molecule has 1 heterocycles. The van der Waals surface area contributed by atoms with Gasteiger partial charge in [-0.3, -0.25) is 4.79 Å². The van der Waals surface area contributed by atoms with Gasteiger partial charge in [-0.2, -0.15) is 4.98 Å². The number of carbonyl (C=O) groups excluding carboxylic acids is 1. The molecule has 1 atom stereocenters. The number of rotatable bonds is 7. The molecule has 0 spiro atoms. The van der Waals surface area contributed by atoms with Gasteiger partial charge in [0.1, 0.15) is 0 Å². The van der Waals surface area contributed by atoms with Gasteiger partial charge in [0.05, 0.1) is 0 Å². The molecule has 3 N–H and O–H groups in total. The highest BCUT2D eigenvalue weighted by Crippen LogP contribution is 2.15. The lowest BCUT2D eigenvalue weighted by Crippen LogP contribution is -2.40. The van der Waals surface area contributed by atoms with Crippen LogP contribution in [0.1, 0.15) is 36.5 Å². The van der Waals surface area contributed by atoms with Crippen LogP contribution in [0.25, 0.3) is 11.4 Å². The van der Waals surface area contributed by atoms with Crippen LogP contribution < -0.4 is 11.1 Å². The van der Waals surface area contributed by atoms with E-state index in [2.05, 4.69) is 22.4 Å². The second-order valence-corrected chi connectivity index (χ2v) is 4.88. The van der Waals surface area contributed by atoms with E-state index in [1.54, 1.807) is 24.3 Å². The molecular weight excluding hydrogens is 268 g/mol. The molecule has 21 heavy (non-hydrogen) atoms. The van der Waals surface area contributed by atoms with Gasteiger partial charge in [0, 0.05) is 23.7 Å². The molecule has 1 aromatic carbocycles. The smallest absolute Gasteiger partial charge is 0.251 e. The maximum absolute atomic E-state index is 12.2. The van der Waals surface area contributed by atoms with Crippen LogP contribution in [-0.2, 0) is 0 Å². The molecular formula is C15H20N4O2. The van der Waals surface area contributed by atoms with Crippen LogP contribution in [0.5, 0.6) is 0 Å². The third-order valence-corrected chi connectivity index (χ3v) is 3.29. The van der Waals surface area contributed by atoms with Crippen LogP contribution >= 0.6 is 0 Å². The van der Waals surface area contributed by atoms with Crippen molar-refractivity contribution in [3.05, 3.63) is 36.2 Å². The number of hydrogen-bond donors (Lipinski definition) is 2. The topological polar surface area (TPSA) is 94.0 Å². The molecule has 0 saturated carbocycles. The highest BCUT2D eigenvalue weighted by molar-refractivity contribution is 5.94. The molecule has 2 aromatic rings. The maximum Gasteiger partial charge on any atom is 0.251 e. The molecule has 6 heteroatoms. The number of unbranched alkanes of at least 4 members (excludes halogenated alkanes) is 1. The number of nitrogens with one attached hydrogen (secondary N) is 1. The highest BCUT2D eigenvalue weighted by Gasteiger charge is 2.12. The van der Waals surface area contributed by atoms with Crippen molar-refractivity contribution >= 4 is 5.91 Å². The van der Waals surface area contributed by atoms with Gasteiger partial charge >= 0.3 is 0 Å². The number of hydrogen-bond acceptors (Lipinski definition) is 5. The van der Waals surface area contributed by atoms with Gasteiger partial charge in [-0.15, -0.1) is 0 Å². The number of aromatic nitrogens is 2. The van der Waals surface area contributed by atoms with Crippen LogP contribution in [0.4, 0.5) is 0 Å². The van der Waals surface area contributed by atoms with Gasteiger partial charge < -0.3 is 15.6 Å². The molecule has 0 saturated heterocycles. The van der Waals surface area contributed by atoms with E-state index in [4.69, 9.17) is 10.3 Å². The summed E-state index contributed by atoms with van der Waals surface area (Å²) in [6.07, 6.45) is 4.32. The summed E-state index contributed by atoms with van der Waals surface area (Å²) in [4.78, 5) is 16.1. The van der Waals surface area contributed by atoms with E-state index in [-0.39, 0.29) is 11.9 Å². The van der Waals surface area contributed by atoms with E-state index < -0.39 is 0 Å². The Balaban J connectivity index is 1.99. The van der Waals surface area contributed by atoms with Crippen molar-refractivity contribution < 1.29 is 9.32 Å². The molecule has 0 fully saturated rings. The van der Waals surface area contributed by atoms with Crippen molar-refractivity contribution in [1.82, 2.24) is 15.5 Å². The predicted octanol–water partition coefficient (Wildman–Crippen LogP) is 1.98. The quantitative estimate of drug-likeness (QED) is 0.812. The lowest BCUT2D eigenvalue weighted by Gasteiger charge is -2.16. The number of carbonyl (C=O) groups is 1. The first kappa shape index (κ1) is 15.2. The molecule has 112 valence electrons. The van der Waals surface area contributed by atoms with E-state index in [0.29, 0.717) is 17.9 Å². The molecule has 0 aliphatic carbocycles. The van der Waals surface area contributed by atoms with Gasteiger partial charge in [-0.1, -0.05) is 37.1 Å². The zero-order valence-corrected chi connectivity index (χ0v) is 12.1. The average molecular weight is 288 g/mol. The number of amides is 1. The van der Waals surface area contributed by atoms with Gasteiger partial charge in [0.25, 0.3) is 5.91 Å². The second kappa shape index (κ2) is 7.54. The molecule has 0 radical (unpaired) electrons. The van der Waals surface area contributed by atoms with Crippen LogP contribution in [0.3, 0.4) is 0 Å². The Hall–Kier alpha value is -2.21. The molecule has 0 bridgehead atoms. The molecule has 0 aliphatic heterocycles. The van der Waals surface area contributed by atoms with Crippen LogP contribution in [0.15, 0.2) is 35.2 Å². The Morgan fingerprint density at radius 3 is 2.71 bits per heavy atom. The highest BCUT2D eigenvalue weighted by atomic mass is 16.5. The SMILES string of the molecule is CCCCC(CN)NC(=O)c1ccc(-c2ncon2)cc1. The summed E-state index contributed by atoms with van der Waals surface area (Å²) in [5, 5.41) is 6.71. The standard InChI is InChI=1S/C15H20N4O2/c1-2-3-4-13(9-16)18-15(20)12-7-5-11(6-8-12)14-17-10-21-19-14/h5-8,10,13H,2-4,9,16H2,1H3,(H,18,20). The summed E-state index contributed by atoms with van der Waals surface area (Å²) >= 11 is 0. The fraction of sp³-hybridized carbons (Fsp3) is 0.400. The van der Waals surface area contributed by atoms with Crippen molar-refractivity contribution in [2.45, 2.75) is 32.2 Å². The van der Waals surface area contributed by atoms with E-state index in [0.717, 1.165) is 24.8 Å². The van der Waals surface area contributed by atoms with E-state index >= 15 is 0 Å². The molecule has 2 rings (SSSR count). The Kier molecular flexibility index (Phi) is 5.45. The fourth-order valence-corrected chi connectivity index (χ4v) is 2.04. The van der Waals surface area contributed by atoms with Crippen LogP contribution in [-0.4, -0.2) is 28.6 Å². The predicted molar refractivity (Wildman–Crippen MR) is 79.6 cm³/mol. The van der Waals surface area contributed by atoms with Gasteiger partial charge in [-0.05, 0) is 18.6 Å². The van der Waals surface area contributed by atoms with Crippen molar-refractivity contribution in [3.63, 3.8) is 0 Å². The van der Waals surface area contributed by atoms with Crippen molar-refractivity contribution in [1.29, 1.82) is 0 Å². The number of nitrogens with two attached hydrogens (primary N) is 1. The second-order valence-electron chi connectivity index (χ2n) is 4.88. The molecule has 6 nitrogen and oxygen atoms in total. The summed E-state index contributed by atoms with van der Waals surface area (Å²) in [5.74, 6) is 0.394. The largest absolute Gasteiger partial charge is 0.348 e. The Morgan fingerprint density at radius 1 is 1.38 bits per heavy atom. The summed E-state index contributed by atoms with van der Waals surface area (Å²) in [7, 11) is 0. The lowest BCUT2D eigenvalue weighted by molar-refractivity contribution is 0.0936. The van der Waals surface area contributed by atoms with Crippen LogP contribution in [0, 0.1) is 0 Å². The van der Waals surface area contributed by atoms with E-state index in [9.17, 15) is 4.79 Å². The van der Waals surface area contributed by atoms with Crippen molar-refractivity contribution in [3.8, 4) is 11.4 Å². The van der Waals surface area contributed by atoms with Crippen molar-refractivity contribution in [2.75, 3.05) is 6.54 Å². The zero-order valence-electron chi connectivity index (χ0n) is 12.1. The van der Waals surface area contributed by atoms with E-state index in [1.807, 2.05) is 0 Å². The third-order valence-electron chi connectivity index (χ3n) is 3.29. The first-order valence-electron chi connectivity index (χ1n) is 7.12. The molecule has 1 unspecified atom stereocenters. The first-order chi connectivity index (χ1) is 10.2. The number of benzene rings is 1. The fourth-order valence-electron chi connectivity index (χ4n) is 2.04. The molecule has 1 aromatic heterocycles. The monoisotopic (exact) mass is 288 g/mol. The molecule has 0 aliphatic rings. The van der Waals surface area contributed by atoms with Gasteiger partial charge in [-0.25, -0.2) is 0 Å². The third kappa shape index (κ3) is 4.13. The van der Waals surface area contributed by atoms with Crippen molar-refractivity contribution in [2.24, 2.45) is 5.73 Å². The summed E-state index contributed by atoms with van der Waals surface area (Å²) in [6.45, 7) is 2.57. The average Bonchev–Trinajstić information content (AvgIpc) is 3.05. The Morgan fingerprint density at radius 2 is 2.14 bits per heavy atom. The minimum absolute atomic E-state index is 0.0225.